The van der Waals surface area contributed by atoms with Gasteiger partial charge in [-0.1, -0.05) is 134 Å². The maximum atomic E-state index is 7.04. The highest BCUT2D eigenvalue weighted by Gasteiger charge is 2.47. The van der Waals surface area contributed by atoms with Crippen LogP contribution in [0, 0.1) is 49.4 Å². The first-order valence-electron chi connectivity index (χ1n) is 22.9. The van der Waals surface area contributed by atoms with E-state index in [9.17, 15) is 0 Å². The molecular formula is C58H50N2O3. The molecule has 6 aliphatic carbocycles. The molecule has 5 nitrogen and oxygen atoms in total. The maximum absolute atomic E-state index is 7.04. The lowest BCUT2D eigenvalue weighted by Gasteiger charge is -2.35. The summed E-state index contributed by atoms with van der Waals surface area (Å²) in [7, 11) is 0. The van der Waals surface area contributed by atoms with E-state index in [1.54, 1.807) is 0 Å². The molecule has 4 aromatic carbocycles. The van der Waals surface area contributed by atoms with Gasteiger partial charge in [0.05, 0.1) is 35.8 Å². The number of allylic oxidation sites excluding steroid dienone is 8. The molecule has 0 saturated carbocycles. The van der Waals surface area contributed by atoms with Gasteiger partial charge in [-0.05, 0) is 107 Å². The van der Waals surface area contributed by atoms with Crippen molar-refractivity contribution >= 4 is 47.1 Å². The van der Waals surface area contributed by atoms with Gasteiger partial charge >= 0.3 is 0 Å². The summed E-state index contributed by atoms with van der Waals surface area (Å²) in [4.78, 5) is 4.87. The molecule has 9 aliphatic rings. The van der Waals surface area contributed by atoms with E-state index in [-0.39, 0.29) is 60.3 Å². The number of anilines is 4. The number of nitrogens with zero attached hydrogens (tertiary/aromatic N) is 2. The van der Waals surface area contributed by atoms with Crippen LogP contribution in [0.15, 0.2) is 181 Å². The van der Waals surface area contributed by atoms with E-state index >= 15 is 0 Å². The molecule has 3 saturated heterocycles. The van der Waals surface area contributed by atoms with Crippen LogP contribution in [0.3, 0.4) is 0 Å². The molecule has 3 heterocycles. The highest BCUT2D eigenvalue weighted by atomic mass is 16.5. The molecule has 0 amide bonds. The smallest absolute Gasteiger partial charge is 0.106 e. The molecule has 310 valence electrons. The average Bonchev–Trinajstić information content (AvgIpc) is 4.00. The third kappa shape index (κ3) is 6.01. The molecule has 0 aromatic heterocycles. The second-order valence-electron chi connectivity index (χ2n) is 18.6. The maximum Gasteiger partial charge on any atom is 0.106 e. The zero-order chi connectivity index (χ0) is 41.8. The molecule has 0 radical (unpaired) electrons. The lowest BCUT2D eigenvalue weighted by Crippen LogP contribution is -2.38. The van der Waals surface area contributed by atoms with Crippen molar-refractivity contribution in [1.82, 2.24) is 0 Å². The van der Waals surface area contributed by atoms with Crippen molar-refractivity contribution in [2.24, 2.45) is 35.5 Å². The van der Waals surface area contributed by atoms with Gasteiger partial charge in [0, 0.05) is 58.3 Å². The molecule has 0 N–H and O–H groups in total. The largest absolute Gasteiger partial charge is 0.366 e. The summed E-state index contributed by atoms with van der Waals surface area (Å²) in [6.45, 7) is 4.41. The molecule has 3 fully saturated rings. The molecule has 0 bridgehead atoms. The summed E-state index contributed by atoms with van der Waals surface area (Å²) < 4.78 is 20.7. The molecule has 3 aliphatic heterocycles. The Hall–Kier alpha value is -6.24. The lowest BCUT2D eigenvalue weighted by atomic mass is 9.81. The van der Waals surface area contributed by atoms with Crippen molar-refractivity contribution in [3.63, 3.8) is 0 Å². The average molecular weight is 823 g/mol. The van der Waals surface area contributed by atoms with Crippen LogP contribution in [0.25, 0.3) is 24.3 Å². The minimum Gasteiger partial charge on any atom is -0.366 e. The van der Waals surface area contributed by atoms with Gasteiger partial charge in [0.15, 0.2) is 0 Å². The topological polar surface area (TPSA) is 34.2 Å². The fourth-order valence-electron chi connectivity index (χ4n) is 12.0. The predicted octanol–water partition coefficient (Wildman–Crippen LogP) is 8.59. The van der Waals surface area contributed by atoms with Crippen LogP contribution in [0.5, 0.6) is 0 Å². The Labute approximate surface area is 369 Å². The Kier molecular flexibility index (Phi) is 8.69. The van der Waals surface area contributed by atoms with Crippen LogP contribution < -0.4 is 30.7 Å². The van der Waals surface area contributed by atoms with Crippen molar-refractivity contribution in [3.05, 3.63) is 213 Å². The van der Waals surface area contributed by atoms with Crippen LogP contribution in [0.4, 0.5) is 22.7 Å². The quantitative estimate of drug-likeness (QED) is 0.195. The van der Waals surface area contributed by atoms with E-state index < -0.39 is 0 Å². The monoisotopic (exact) mass is 822 g/mol. The van der Waals surface area contributed by atoms with Crippen molar-refractivity contribution in [3.8, 4) is 0 Å². The van der Waals surface area contributed by atoms with Gasteiger partial charge in [0.25, 0.3) is 0 Å². The van der Waals surface area contributed by atoms with Crippen molar-refractivity contribution in [2.45, 2.75) is 50.5 Å². The Morgan fingerprint density at radius 2 is 0.825 bits per heavy atom. The van der Waals surface area contributed by atoms with Crippen LogP contribution in [-0.2, 0) is 14.2 Å². The van der Waals surface area contributed by atoms with Crippen molar-refractivity contribution in [2.75, 3.05) is 9.80 Å². The number of para-hydroxylation sites is 2. The Bertz CT molecular complexity index is 2880. The number of ether oxygens (including phenoxy) is 3. The number of rotatable bonds is 6. The Balaban J connectivity index is 0.840. The second kappa shape index (κ2) is 14.7. The van der Waals surface area contributed by atoms with Gasteiger partial charge in [-0.25, -0.2) is 0 Å². The first-order chi connectivity index (χ1) is 31.0. The summed E-state index contributed by atoms with van der Waals surface area (Å²) >= 11 is 0. The van der Waals surface area contributed by atoms with Crippen molar-refractivity contribution < 1.29 is 14.2 Å². The zero-order valence-corrected chi connectivity index (χ0v) is 35.5. The summed E-state index contributed by atoms with van der Waals surface area (Å²) in [6.07, 6.45) is 41.0. The third-order valence-electron chi connectivity index (χ3n) is 15.1. The van der Waals surface area contributed by atoms with Crippen LogP contribution in [0.1, 0.15) is 11.1 Å². The summed E-state index contributed by atoms with van der Waals surface area (Å²) in [5.74, 6) is 1.74. The zero-order valence-electron chi connectivity index (χ0n) is 35.5. The highest BCUT2D eigenvalue weighted by molar-refractivity contribution is 5.75. The standard InChI is InChI=1S/C58H50N2O3/c1-35-13-3-7-19-49(35)59(51-21-11-17-45-43-15-5-9-23-53(43)62-57(45)51)41-27-25-37-31-47-48-32-38-26-28-42(30-40(38)34-56(48)61-55(47)33-39(37)29-41)60(50-20-8-4-14-36(50)2)52-22-12-18-46-44-16-6-10-24-54(44)63-58(46)52/h3-34,43-48,53-58H,1-2H3. The number of benzene rings is 4. The number of aryl methyl sites for hydroxylation is 2. The normalized spacial score (nSPS) is 32.7. The van der Waals surface area contributed by atoms with Gasteiger partial charge in [0.1, 0.15) is 12.2 Å². The molecule has 63 heavy (non-hydrogen) atoms. The van der Waals surface area contributed by atoms with E-state index in [0.29, 0.717) is 11.8 Å². The third-order valence-corrected chi connectivity index (χ3v) is 15.1. The van der Waals surface area contributed by atoms with Gasteiger partial charge < -0.3 is 24.0 Å². The summed E-state index contributed by atoms with van der Waals surface area (Å²) in [5.41, 5.74) is 9.41. The Morgan fingerprint density at radius 3 is 1.30 bits per heavy atom. The highest BCUT2D eigenvalue weighted by Crippen LogP contribution is 2.48. The van der Waals surface area contributed by atoms with Crippen LogP contribution >= 0.6 is 0 Å². The van der Waals surface area contributed by atoms with Crippen LogP contribution in [-0.4, -0.2) is 36.6 Å². The van der Waals surface area contributed by atoms with E-state index in [2.05, 4.69) is 218 Å². The molecule has 0 spiro atoms. The van der Waals surface area contributed by atoms with Gasteiger partial charge in [0.2, 0.25) is 0 Å². The summed E-state index contributed by atoms with van der Waals surface area (Å²) in [5, 5.41) is 4.95. The fourth-order valence-corrected chi connectivity index (χ4v) is 12.0. The summed E-state index contributed by atoms with van der Waals surface area (Å²) in [6, 6.07) is 31.4. The van der Waals surface area contributed by atoms with E-state index in [1.807, 2.05) is 0 Å². The fraction of sp³-hybridized carbons (Fsp3) is 0.241. The van der Waals surface area contributed by atoms with Gasteiger partial charge in [-0.3, -0.25) is 0 Å². The first-order valence-corrected chi connectivity index (χ1v) is 22.9. The molecule has 12 atom stereocenters. The van der Waals surface area contributed by atoms with E-state index in [0.717, 1.165) is 11.4 Å². The lowest BCUT2D eigenvalue weighted by molar-refractivity contribution is 0.0803. The number of hydrogen-bond acceptors (Lipinski definition) is 5. The molecule has 12 unspecified atom stereocenters. The minimum atomic E-state index is -0.0467. The predicted molar refractivity (Wildman–Crippen MR) is 254 cm³/mol. The second-order valence-corrected chi connectivity index (χ2v) is 18.6. The minimum absolute atomic E-state index is 0.0252. The molecule has 5 heteroatoms. The molecular weight excluding hydrogens is 773 g/mol. The van der Waals surface area contributed by atoms with Crippen LogP contribution in [0.2, 0.25) is 0 Å². The van der Waals surface area contributed by atoms with E-state index in [1.165, 1.54) is 54.8 Å². The van der Waals surface area contributed by atoms with Crippen molar-refractivity contribution in [1.29, 1.82) is 0 Å². The molecule has 13 rings (SSSR count). The first kappa shape index (κ1) is 37.3. The van der Waals surface area contributed by atoms with Gasteiger partial charge in [-0.2, -0.15) is 0 Å². The molecule has 4 aromatic rings. The number of hydrogen-bond donors (Lipinski definition) is 0. The van der Waals surface area contributed by atoms with Gasteiger partial charge in [-0.15, -0.1) is 0 Å². The Morgan fingerprint density at radius 1 is 0.381 bits per heavy atom. The number of fused-ring (bicyclic) bond motifs is 11. The van der Waals surface area contributed by atoms with E-state index in [4.69, 9.17) is 14.2 Å². The SMILES string of the molecule is Cc1ccccc1N(C1=CC=CC2C1OC1C=CC=CC12)c1ccc2c(c1)=CC1OC3C=c4cc(N(C5=CC=CC6C5OC5C=CC=CC56)c5ccccc5C)ccc4=CC3C1C=2.